The number of carbonyl (C=O) groups is 2. The molecule has 0 unspecified atom stereocenters. The maximum Gasteiger partial charge on any atom is 0.325 e. The molecule has 1 fully saturated rings. The average Bonchev–Trinajstić information content (AvgIpc) is 3.53. The Kier molecular flexibility index (Phi) is 4.55. The van der Waals surface area contributed by atoms with Crippen LogP contribution in [0.4, 0.5) is 4.79 Å². The molecule has 9 nitrogen and oxygen atoms in total. The highest BCUT2D eigenvalue weighted by Crippen LogP contribution is 2.31. The minimum absolute atomic E-state index is 0.107. The zero-order valence-corrected chi connectivity index (χ0v) is 17.3. The molecule has 3 amide bonds. The van der Waals surface area contributed by atoms with Gasteiger partial charge in [-0.25, -0.2) is 14.5 Å². The molecule has 1 aliphatic rings. The molecular formula is C21H17N7O2S. The van der Waals surface area contributed by atoms with Crippen LogP contribution < -0.4 is 5.32 Å². The fourth-order valence-corrected chi connectivity index (χ4v) is 4.35. The van der Waals surface area contributed by atoms with Gasteiger partial charge in [0.2, 0.25) is 0 Å². The lowest BCUT2D eigenvalue weighted by Gasteiger charge is -2.22. The zero-order chi connectivity index (χ0) is 21.4. The van der Waals surface area contributed by atoms with Gasteiger partial charge in [0, 0.05) is 10.9 Å². The van der Waals surface area contributed by atoms with E-state index in [0.717, 1.165) is 10.6 Å². The second kappa shape index (κ2) is 7.40. The molecule has 0 spiro atoms. The van der Waals surface area contributed by atoms with Crippen molar-refractivity contribution in [1.82, 2.24) is 35.4 Å². The van der Waals surface area contributed by atoms with Crippen LogP contribution in [-0.4, -0.2) is 42.0 Å². The van der Waals surface area contributed by atoms with Crippen LogP contribution in [0.5, 0.6) is 0 Å². The summed E-state index contributed by atoms with van der Waals surface area (Å²) >= 11 is 1.48. The molecule has 2 aromatic heterocycles. The summed E-state index contributed by atoms with van der Waals surface area (Å²) in [7, 11) is 0. The minimum Gasteiger partial charge on any atom is -0.319 e. The summed E-state index contributed by atoms with van der Waals surface area (Å²) in [5, 5.41) is 16.7. The zero-order valence-electron chi connectivity index (χ0n) is 16.5. The third kappa shape index (κ3) is 3.36. The third-order valence-corrected chi connectivity index (χ3v) is 6.14. The van der Waals surface area contributed by atoms with Gasteiger partial charge in [-0.2, -0.15) is 0 Å². The van der Waals surface area contributed by atoms with E-state index in [1.54, 1.807) is 25.1 Å². The molecule has 154 valence electrons. The largest absolute Gasteiger partial charge is 0.325 e. The Morgan fingerprint density at radius 3 is 2.71 bits per heavy atom. The SMILES string of the molecule is C[C@]1(c2cccc(-n3cnnn3)c2)NC(=O)N(Cc2csc(-c3ccccc3)n2)C1=O. The van der Waals surface area contributed by atoms with Gasteiger partial charge in [-0.05, 0) is 35.0 Å². The highest BCUT2D eigenvalue weighted by Gasteiger charge is 2.49. The van der Waals surface area contributed by atoms with E-state index in [2.05, 4.69) is 25.8 Å². The number of nitrogens with zero attached hydrogens (tertiary/aromatic N) is 6. The van der Waals surface area contributed by atoms with E-state index in [4.69, 9.17) is 0 Å². The first-order valence-electron chi connectivity index (χ1n) is 9.52. The lowest BCUT2D eigenvalue weighted by molar-refractivity contribution is -0.131. The number of thiazole rings is 1. The number of amides is 3. The molecule has 31 heavy (non-hydrogen) atoms. The molecule has 10 heteroatoms. The Balaban J connectivity index is 1.40. The molecular weight excluding hydrogens is 414 g/mol. The van der Waals surface area contributed by atoms with Crippen LogP contribution in [0.3, 0.4) is 0 Å². The quantitative estimate of drug-likeness (QED) is 0.487. The summed E-state index contributed by atoms with van der Waals surface area (Å²) in [5.41, 5.74) is 1.81. The molecule has 1 saturated heterocycles. The van der Waals surface area contributed by atoms with E-state index in [1.807, 2.05) is 41.8 Å². The van der Waals surface area contributed by atoms with E-state index in [1.165, 1.54) is 27.2 Å². The Morgan fingerprint density at radius 2 is 1.94 bits per heavy atom. The fourth-order valence-electron chi connectivity index (χ4n) is 3.53. The van der Waals surface area contributed by atoms with E-state index in [-0.39, 0.29) is 12.5 Å². The summed E-state index contributed by atoms with van der Waals surface area (Å²) in [6, 6.07) is 16.5. The van der Waals surface area contributed by atoms with Crippen LogP contribution >= 0.6 is 11.3 Å². The summed E-state index contributed by atoms with van der Waals surface area (Å²) in [5.74, 6) is -0.333. The maximum absolute atomic E-state index is 13.3. The molecule has 0 radical (unpaired) electrons. The van der Waals surface area contributed by atoms with Crippen molar-refractivity contribution >= 4 is 23.3 Å². The first kappa shape index (κ1) is 19.1. The van der Waals surface area contributed by atoms with Crippen molar-refractivity contribution in [3.05, 3.63) is 77.6 Å². The van der Waals surface area contributed by atoms with Crippen molar-refractivity contribution in [3.63, 3.8) is 0 Å². The summed E-state index contributed by atoms with van der Waals surface area (Å²) < 4.78 is 1.49. The smallest absolute Gasteiger partial charge is 0.319 e. The number of benzene rings is 2. The summed E-state index contributed by atoms with van der Waals surface area (Å²) in [6.45, 7) is 1.80. The monoisotopic (exact) mass is 431 g/mol. The Morgan fingerprint density at radius 1 is 1.10 bits per heavy atom. The van der Waals surface area contributed by atoms with Gasteiger partial charge in [0.15, 0.2) is 0 Å². The standard InChI is InChI=1S/C21H17N7O2S/c1-21(15-8-5-9-17(10-15)28-13-22-25-26-28)19(29)27(20(30)24-21)11-16-12-31-18(23-16)14-6-3-2-4-7-14/h2-10,12-13H,11H2,1H3,(H,24,30)/t21-/m1/s1. The van der Waals surface area contributed by atoms with Gasteiger partial charge >= 0.3 is 6.03 Å². The van der Waals surface area contributed by atoms with Crippen LogP contribution in [0.15, 0.2) is 66.3 Å². The van der Waals surface area contributed by atoms with E-state index >= 15 is 0 Å². The second-order valence-electron chi connectivity index (χ2n) is 7.26. The number of tetrazole rings is 1. The lowest BCUT2D eigenvalue weighted by Crippen LogP contribution is -2.40. The van der Waals surface area contributed by atoms with Crippen molar-refractivity contribution in [2.24, 2.45) is 0 Å². The predicted octanol–water partition coefficient (Wildman–Crippen LogP) is 2.75. The van der Waals surface area contributed by atoms with Gasteiger partial charge in [0.05, 0.1) is 17.9 Å². The summed E-state index contributed by atoms with van der Waals surface area (Å²) in [4.78, 5) is 31.8. The fraction of sp³-hybridized carbons (Fsp3) is 0.143. The second-order valence-corrected chi connectivity index (χ2v) is 8.12. The Bertz CT molecular complexity index is 1260. The summed E-state index contributed by atoms with van der Waals surface area (Å²) in [6.07, 6.45) is 1.47. The first-order valence-corrected chi connectivity index (χ1v) is 10.4. The van der Waals surface area contributed by atoms with Crippen LogP contribution in [-0.2, 0) is 16.9 Å². The van der Waals surface area contributed by atoms with Gasteiger partial charge in [-0.15, -0.1) is 16.4 Å². The highest BCUT2D eigenvalue weighted by atomic mass is 32.1. The van der Waals surface area contributed by atoms with Gasteiger partial charge in [0.25, 0.3) is 5.91 Å². The van der Waals surface area contributed by atoms with Crippen LogP contribution in [0, 0.1) is 0 Å². The molecule has 5 rings (SSSR count). The maximum atomic E-state index is 13.3. The molecule has 0 bridgehead atoms. The molecule has 0 saturated carbocycles. The number of urea groups is 1. The minimum atomic E-state index is -1.20. The van der Waals surface area contributed by atoms with Gasteiger partial charge in [0.1, 0.15) is 16.9 Å². The number of carbonyl (C=O) groups excluding carboxylic acids is 2. The van der Waals surface area contributed by atoms with Gasteiger partial charge in [-0.3, -0.25) is 9.69 Å². The van der Waals surface area contributed by atoms with Crippen LogP contribution in [0.25, 0.3) is 16.3 Å². The lowest BCUT2D eigenvalue weighted by atomic mass is 9.91. The molecule has 4 aromatic rings. The number of aromatic nitrogens is 5. The molecule has 1 N–H and O–H groups in total. The Hall–Kier alpha value is -3.92. The van der Waals surface area contributed by atoms with E-state index in [9.17, 15) is 9.59 Å². The van der Waals surface area contributed by atoms with Crippen LogP contribution in [0.2, 0.25) is 0 Å². The molecule has 0 aliphatic carbocycles. The van der Waals surface area contributed by atoms with E-state index < -0.39 is 11.6 Å². The predicted molar refractivity (Wildman–Crippen MR) is 113 cm³/mol. The van der Waals surface area contributed by atoms with E-state index in [0.29, 0.717) is 16.9 Å². The molecule has 3 heterocycles. The topological polar surface area (TPSA) is 106 Å². The molecule has 2 aromatic carbocycles. The van der Waals surface area contributed by atoms with Gasteiger partial charge in [-0.1, -0.05) is 42.5 Å². The van der Waals surface area contributed by atoms with Crippen molar-refractivity contribution in [2.75, 3.05) is 0 Å². The number of imide groups is 1. The molecule has 1 aliphatic heterocycles. The highest BCUT2D eigenvalue weighted by molar-refractivity contribution is 7.13. The van der Waals surface area contributed by atoms with Gasteiger partial charge < -0.3 is 5.32 Å². The first-order chi connectivity index (χ1) is 15.0. The average molecular weight is 431 g/mol. The number of hydrogen-bond donors (Lipinski definition) is 1. The third-order valence-electron chi connectivity index (χ3n) is 5.20. The van der Waals surface area contributed by atoms with Crippen molar-refractivity contribution in [2.45, 2.75) is 19.0 Å². The number of rotatable bonds is 5. The number of hydrogen-bond acceptors (Lipinski definition) is 7. The number of nitrogens with one attached hydrogen (secondary N) is 1. The van der Waals surface area contributed by atoms with Crippen molar-refractivity contribution < 1.29 is 9.59 Å². The van der Waals surface area contributed by atoms with Crippen molar-refractivity contribution in [1.29, 1.82) is 0 Å². The van der Waals surface area contributed by atoms with Crippen molar-refractivity contribution in [3.8, 4) is 16.3 Å². The van der Waals surface area contributed by atoms with Crippen LogP contribution in [0.1, 0.15) is 18.2 Å². The Labute approximate surface area is 181 Å². The molecule has 1 atom stereocenters. The normalized spacial score (nSPS) is 18.4.